The number of aromatic nitrogens is 6. The Morgan fingerprint density at radius 1 is 1.13 bits per heavy atom. The van der Waals surface area contributed by atoms with Crippen LogP contribution in [0.5, 0.6) is 0 Å². The molecule has 0 radical (unpaired) electrons. The summed E-state index contributed by atoms with van der Waals surface area (Å²) in [5.74, 6) is -0.233. The van der Waals surface area contributed by atoms with Crippen molar-refractivity contribution >= 4 is 5.82 Å². The second-order valence-corrected chi connectivity index (χ2v) is 4.87. The van der Waals surface area contributed by atoms with Gasteiger partial charge >= 0.3 is 6.18 Å². The summed E-state index contributed by atoms with van der Waals surface area (Å²) in [6.07, 6.45) is -0.419. The van der Waals surface area contributed by atoms with E-state index in [1.165, 1.54) is 23.3 Å². The Morgan fingerprint density at radius 3 is 2.30 bits per heavy atom. The van der Waals surface area contributed by atoms with Crippen molar-refractivity contribution < 1.29 is 13.2 Å². The number of hydrogen-bond donors (Lipinski definition) is 1. The SMILES string of the molecule is Cc1nn(C)cc1-c1c(C(F)(F)F)nn(-c2ncccn2)c1N. The molecule has 0 atom stereocenters. The molecule has 0 aliphatic heterocycles. The molecular formula is C13H12F3N7. The number of halogens is 3. The summed E-state index contributed by atoms with van der Waals surface area (Å²) in [5, 5.41) is 7.64. The maximum absolute atomic E-state index is 13.4. The molecule has 3 heterocycles. The second kappa shape index (κ2) is 5.07. The van der Waals surface area contributed by atoms with Gasteiger partial charge in [-0.05, 0) is 13.0 Å². The van der Waals surface area contributed by atoms with Crippen molar-refractivity contribution in [1.82, 2.24) is 29.5 Å². The van der Waals surface area contributed by atoms with Crippen molar-refractivity contribution in [1.29, 1.82) is 0 Å². The standard InChI is InChI=1S/C13H12F3N7/c1-7-8(6-22(2)20-7)9-10(13(14,15)16)21-23(11(9)17)12-18-4-3-5-19-12/h3-6H,17H2,1-2H3. The second-order valence-electron chi connectivity index (χ2n) is 4.87. The van der Waals surface area contributed by atoms with Gasteiger partial charge in [0.2, 0.25) is 0 Å². The summed E-state index contributed by atoms with van der Waals surface area (Å²) in [6, 6.07) is 1.54. The molecule has 7 nitrogen and oxygen atoms in total. The molecule has 2 N–H and O–H groups in total. The highest BCUT2D eigenvalue weighted by molar-refractivity contribution is 5.79. The first-order valence-corrected chi connectivity index (χ1v) is 6.52. The molecule has 0 unspecified atom stereocenters. The first-order valence-electron chi connectivity index (χ1n) is 6.52. The van der Waals surface area contributed by atoms with E-state index in [4.69, 9.17) is 5.73 Å². The predicted octanol–water partition coefficient (Wildman–Crippen LogP) is 1.97. The molecule has 0 bridgehead atoms. The minimum atomic E-state index is -4.67. The van der Waals surface area contributed by atoms with Gasteiger partial charge in [0.1, 0.15) is 5.82 Å². The van der Waals surface area contributed by atoms with Gasteiger partial charge in [-0.2, -0.15) is 28.1 Å². The fourth-order valence-corrected chi connectivity index (χ4v) is 2.29. The Labute approximate surface area is 128 Å². The largest absolute Gasteiger partial charge is 0.435 e. The highest BCUT2D eigenvalue weighted by Gasteiger charge is 2.40. The molecule has 0 amide bonds. The van der Waals surface area contributed by atoms with Crippen LogP contribution in [-0.4, -0.2) is 29.5 Å². The van der Waals surface area contributed by atoms with E-state index in [0.717, 1.165) is 4.68 Å². The van der Waals surface area contributed by atoms with E-state index in [1.807, 2.05) is 0 Å². The van der Waals surface area contributed by atoms with Gasteiger partial charge in [-0.15, -0.1) is 0 Å². The van der Waals surface area contributed by atoms with Crippen molar-refractivity contribution in [3.63, 3.8) is 0 Å². The first-order chi connectivity index (χ1) is 10.8. The third-order valence-electron chi connectivity index (χ3n) is 3.21. The average molecular weight is 323 g/mol. The van der Waals surface area contributed by atoms with E-state index in [2.05, 4.69) is 20.2 Å². The summed E-state index contributed by atoms with van der Waals surface area (Å²) in [4.78, 5) is 7.78. The molecule has 10 heteroatoms. The Bertz CT molecular complexity index is 849. The lowest BCUT2D eigenvalue weighted by Crippen LogP contribution is -2.09. The van der Waals surface area contributed by atoms with Crippen molar-refractivity contribution in [2.75, 3.05) is 5.73 Å². The van der Waals surface area contributed by atoms with E-state index in [-0.39, 0.29) is 22.9 Å². The smallest absolute Gasteiger partial charge is 0.383 e. The zero-order chi connectivity index (χ0) is 16.8. The van der Waals surface area contributed by atoms with Crippen LogP contribution in [-0.2, 0) is 13.2 Å². The maximum Gasteiger partial charge on any atom is 0.435 e. The molecule has 0 aliphatic carbocycles. The summed E-state index contributed by atoms with van der Waals surface area (Å²) >= 11 is 0. The van der Waals surface area contributed by atoms with Crippen molar-refractivity contribution in [2.45, 2.75) is 13.1 Å². The van der Waals surface area contributed by atoms with Gasteiger partial charge in [0.15, 0.2) is 5.69 Å². The zero-order valence-electron chi connectivity index (χ0n) is 12.2. The summed E-state index contributed by atoms with van der Waals surface area (Å²) in [6.45, 7) is 1.60. The van der Waals surface area contributed by atoms with Gasteiger partial charge in [-0.3, -0.25) is 4.68 Å². The minimum absolute atomic E-state index is 0.0386. The fraction of sp³-hybridized carbons (Fsp3) is 0.231. The van der Waals surface area contributed by atoms with Crippen molar-refractivity contribution in [3.8, 4) is 17.1 Å². The highest BCUT2D eigenvalue weighted by Crippen LogP contribution is 2.41. The number of anilines is 1. The number of nitrogen functional groups attached to an aromatic ring is 1. The van der Waals surface area contributed by atoms with Gasteiger partial charge in [-0.25, -0.2) is 9.97 Å². The molecule has 23 heavy (non-hydrogen) atoms. The Morgan fingerprint density at radius 2 is 1.78 bits per heavy atom. The maximum atomic E-state index is 13.4. The molecule has 0 fully saturated rings. The van der Waals surface area contributed by atoms with E-state index in [1.54, 1.807) is 20.0 Å². The zero-order valence-corrected chi connectivity index (χ0v) is 12.2. The molecule has 120 valence electrons. The molecule has 0 saturated heterocycles. The number of hydrogen-bond acceptors (Lipinski definition) is 5. The molecular weight excluding hydrogens is 311 g/mol. The summed E-state index contributed by atoms with van der Waals surface area (Å²) < 4.78 is 42.4. The van der Waals surface area contributed by atoms with E-state index < -0.39 is 11.9 Å². The topological polar surface area (TPSA) is 87.4 Å². The van der Waals surface area contributed by atoms with E-state index >= 15 is 0 Å². The first kappa shape index (κ1) is 15.0. The summed E-state index contributed by atoms with van der Waals surface area (Å²) in [5.41, 5.74) is 5.28. The number of nitrogens with two attached hydrogens (primary N) is 1. The lowest BCUT2D eigenvalue weighted by atomic mass is 10.1. The number of aryl methyl sites for hydroxylation is 2. The summed E-state index contributed by atoms with van der Waals surface area (Å²) in [7, 11) is 1.62. The van der Waals surface area contributed by atoms with E-state index in [0.29, 0.717) is 5.69 Å². The molecule has 0 saturated carbocycles. The van der Waals surface area contributed by atoms with Crippen LogP contribution in [0.1, 0.15) is 11.4 Å². The lowest BCUT2D eigenvalue weighted by Gasteiger charge is -2.05. The lowest BCUT2D eigenvalue weighted by molar-refractivity contribution is -0.140. The van der Waals surface area contributed by atoms with Gasteiger partial charge in [0.05, 0.1) is 11.3 Å². The van der Waals surface area contributed by atoms with Crippen LogP contribution in [0.25, 0.3) is 17.1 Å². The molecule has 0 spiro atoms. The highest BCUT2D eigenvalue weighted by atomic mass is 19.4. The number of alkyl halides is 3. The minimum Gasteiger partial charge on any atom is -0.383 e. The van der Waals surface area contributed by atoms with Crippen LogP contribution in [0.4, 0.5) is 19.0 Å². The van der Waals surface area contributed by atoms with Crippen LogP contribution in [0.3, 0.4) is 0 Å². The average Bonchev–Trinajstić information content (AvgIpc) is 2.99. The number of nitrogens with zero attached hydrogens (tertiary/aromatic N) is 6. The predicted molar refractivity (Wildman–Crippen MR) is 75.5 cm³/mol. The van der Waals surface area contributed by atoms with Crippen molar-refractivity contribution in [3.05, 3.63) is 36.0 Å². The molecule has 3 aromatic heterocycles. The van der Waals surface area contributed by atoms with Gasteiger partial charge in [0.25, 0.3) is 5.95 Å². The van der Waals surface area contributed by atoms with Gasteiger partial charge in [0, 0.05) is 31.2 Å². The third kappa shape index (κ3) is 2.51. The van der Waals surface area contributed by atoms with E-state index in [9.17, 15) is 13.2 Å². The molecule has 0 aromatic carbocycles. The quantitative estimate of drug-likeness (QED) is 0.779. The number of rotatable bonds is 2. The Hall–Kier alpha value is -2.91. The molecule has 3 aromatic rings. The normalized spacial score (nSPS) is 11.9. The molecule has 3 rings (SSSR count). The Balaban J connectivity index is 2.30. The molecule has 0 aliphatic rings. The van der Waals surface area contributed by atoms with Crippen LogP contribution < -0.4 is 5.73 Å². The Kier molecular flexibility index (Phi) is 3.31. The monoisotopic (exact) mass is 323 g/mol. The van der Waals surface area contributed by atoms with Crippen LogP contribution >= 0.6 is 0 Å². The van der Waals surface area contributed by atoms with Gasteiger partial charge in [-0.1, -0.05) is 0 Å². The van der Waals surface area contributed by atoms with Crippen molar-refractivity contribution in [2.24, 2.45) is 7.05 Å². The third-order valence-corrected chi connectivity index (χ3v) is 3.21. The van der Waals surface area contributed by atoms with Crippen LogP contribution in [0.2, 0.25) is 0 Å². The van der Waals surface area contributed by atoms with Gasteiger partial charge < -0.3 is 5.73 Å². The van der Waals surface area contributed by atoms with Crippen LogP contribution in [0.15, 0.2) is 24.7 Å². The fourth-order valence-electron chi connectivity index (χ4n) is 2.29. The van der Waals surface area contributed by atoms with Crippen LogP contribution in [0, 0.1) is 6.92 Å².